The van der Waals surface area contributed by atoms with Crippen molar-refractivity contribution in [1.29, 1.82) is 0 Å². The number of nitrogens with two attached hydrogens (primary N) is 1. The standard InChI is InChI=1S/C15H29N/c1-4-5-6-7-8-11-14(16)13-10-9-12-15(13,2)3/h4,13-14H,1,5-12,16H2,2-3H3. The van der Waals surface area contributed by atoms with Gasteiger partial charge in [-0.2, -0.15) is 0 Å². The van der Waals surface area contributed by atoms with Gasteiger partial charge in [0.25, 0.3) is 0 Å². The first-order chi connectivity index (χ1) is 7.58. The molecule has 0 aliphatic heterocycles. The topological polar surface area (TPSA) is 26.0 Å². The highest BCUT2D eigenvalue weighted by molar-refractivity contribution is 4.90. The maximum absolute atomic E-state index is 6.35. The molecule has 0 heterocycles. The van der Waals surface area contributed by atoms with Gasteiger partial charge < -0.3 is 5.73 Å². The summed E-state index contributed by atoms with van der Waals surface area (Å²) in [6.07, 6.45) is 12.4. The Bertz CT molecular complexity index is 207. The maximum atomic E-state index is 6.35. The average Bonchev–Trinajstić information content (AvgIpc) is 2.57. The lowest BCUT2D eigenvalue weighted by atomic mass is 9.76. The van der Waals surface area contributed by atoms with E-state index in [2.05, 4.69) is 20.4 Å². The van der Waals surface area contributed by atoms with E-state index in [9.17, 15) is 0 Å². The first-order valence-corrected chi connectivity index (χ1v) is 6.94. The molecular formula is C15H29N. The van der Waals surface area contributed by atoms with Crippen molar-refractivity contribution in [3.8, 4) is 0 Å². The summed E-state index contributed by atoms with van der Waals surface area (Å²) in [5.41, 5.74) is 6.84. The summed E-state index contributed by atoms with van der Waals surface area (Å²) in [4.78, 5) is 0. The summed E-state index contributed by atoms with van der Waals surface area (Å²) in [7, 11) is 0. The Balaban J connectivity index is 2.19. The van der Waals surface area contributed by atoms with Crippen molar-refractivity contribution in [3.63, 3.8) is 0 Å². The SMILES string of the molecule is C=CCCCCCC(N)C1CCCC1(C)C. The van der Waals surface area contributed by atoms with E-state index >= 15 is 0 Å². The third-order valence-corrected chi connectivity index (χ3v) is 4.30. The summed E-state index contributed by atoms with van der Waals surface area (Å²) in [6.45, 7) is 8.53. The fraction of sp³-hybridized carbons (Fsp3) is 0.867. The highest BCUT2D eigenvalue weighted by Gasteiger charge is 2.37. The molecule has 2 atom stereocenters. The van der Waals surface area contributed by atoms with Crippen LogP contribution >= 0.6 is 0 Å². The highest BCUT2D eigenvalue weighted by atomic mass is 14.7. The minimum atomic E-state index is 0.432. The van der Waals surface area contributed by atoms with E-state index in [0.29, 0.717) is 11.5 Å². The molecule has 1 fully saturated rings. The van der Waals surface area contributed by atoms with Gasteiger partial charge in [0.1, 0.15) is 0 Å². The summed E-state index contributed by atoms with van der Waals surface area (Å²) in [5.74, 6) is 0.756. The summed E-state index contributed by atoms with van der Waals surface area (Å²) < 4.78 is 0. The molecule has 0 saturated heterocycles. The second-order valence-electron chi connectivity index (χ2n) is 6.08. The predicted molar refractivity (Wildman–Crippen MR) is 72.4 cm³/mol. The van der Waals surface area contributed by atoms with Gasteiger partial charge in [-0.1, -0.05) is 39.2 Å². The minimum Gasteiger partial charge on any atom is -0.327 e. The van der Waals surface area contributed by atoms with Crippen molar-refractivity contribution in [2.75, 3.05) is 0 Å². The Kier molecular flexibility index (Phi) is 5.54. The monoisotopic (exact) mass is 223 g/mol. The molecule has 94 valence electrons. The van der Waals surface area contributed by atoms with E-state index in [0.717, 1.165) is 12.3 Å². The zero-order valence-corrected chi connectivity index (χ0v) is 11.2. The van der Waals surface area contributed by atoms with Crippen LogP contribution in [-0.4, -0.2) is 6.04 Å². The van der Waals surface area contributed by atoms with Crippen molar-refractivity contribution in [3.05, 3.63) is 12.7 Å². The maximum Gasteiger partial charge on any atom is 0.00722 e. The summed E-state index contributed by atoms with van der Waals surface area (Å²) >= 11 is 0. The molecule has 1 heteroatoms. The smallest absolute Gasteiger partial charge is 0.00722 e. The van der Waals surface area contributed by atoms with Gasteiger partial charge >= 0.3 is 0 Å². The lowest BCUT2D eigenvalue weighted by Crippen LogP contribution is -2.36. The Labute approximate surface area is 101 Å². The van der Waals surface area contributed by atoms with Crippen molar-refractivity contribution >= 4 is 0 Å². The molecule has 0 bridgehead atoms. The van der Waals surface area contributed by atoms with Gasteiger partial charge in [-0.15, -0.1) is 6.58 Å². The molecule has 0 amide bonds. The fourth-order valence-corrected chi connectivity index (χ4v) is 3.19. The number of allylic oxidation sites excluding steroid dienone is 1. The second kappa shape index (κ2) is 6.44. The highest BCUT2D eigenvalue weighted by Crippen LogP contribution is 2.44. The predicted octanol–water partition coefficient (Wildman–Crippen LogP) is 4.28. The molecule has 1 aliphatic rings. The lowest BCUT2D eigenvalue weighted by molar-refractivity contribution is 0.212. The van der Waals surface area contributed by atoms with E-state index in [1.807, 2.05) is 6.08 Å². The molecule has 0 spiro atoms. The molecular weight excluding hydrogens is 194 g/mol. The number of unbranched alkanes of at least 4 members (excludes halogenated alkanes) is 3. The molecule has 0 radical (unpaired) electrons. The van der Waals surface area contributed by atoms with Gasteiger partial charge in [0.2, 0.25) is 0 Å². The normalized spacial score (nSPS) is 25.6. The molecule has 1 saturated carbocycles. The van der Waals surface area contributed by atoms with Gasteiger partial charge in [-0.3, -0.25) is 0 Å². The van der Waals surface area contributed by atoms with E-state index < -0.39 is 0 Å². The number of rotatable bonds is 7. The largest absolute Gasteiger partial charge is 0.327 e. The van der Waals surface area contributed by atoms with Crippen LogP contribution < -0.4 is 5.73 Å². The van der Waals surface area contributed by atoms with Crippen LogP contribution in [0, 0.1) is 11.3 Å². The first kappa shape index (κ1) is 13.8. The van der Waals surface area contributed by atoms with Crippen LogP contribution in [0.2, 0.25) is 0 Å². The van der Waals surface area contributed by atoms with Crippen LogP contribution in [0.5, 0.6) is 0 Å². The Morgan fingerprint density at radius 1 is 1.38 bits per heavy atom. The third-order valence-electron chi connectivity index (χ3n) is 4.30. The van der Waals surface area contributed by atoms with E-state index in [1.54, 1.807) is 0 Å². The van der Waals surface area contributed by atoms with Crippen molar-refractivity contribution in [1.82, 2.24) is 0 Å². The second-order valence-corrected chi connectivity index (χ2v) is 6.08. The zero-order chi connectivity index (χ0) is 12.0. The number of hydrogen-bond acceptors (Lipinski definition) is 1. The van der Waals surface area contributed by atoms with Gasteiger partial charge in [-0.05, 0) is 43.4 Å². The van der Waals surface area contributed by atoms with Crippen LogP contribution in [-0.2, 0) is 0 Å². The average molecular weight is 223 g/mol. The first-order valence-electron chi connectivity index (χ1n) is 6.94. The van der Waals surface area contributed by atoms with Crippen LogP contribution in [0.1, 0.15) is 65.2 Å². The zero-order valence-electron chi connectivity index (χ0n) is 11.2. The summed E-state index contributed by atoms with van der Waals surface area (Å²) in [5, 5.41) is 0. The lowest BCUT2D eigenvalue weighted by Gasteiger charge is -2.32. The van der Waals surface area contributed by atoms with Crippen molar-refractivity contribution < 1.29 is 0 Å². The molecule has 0 aromatic rings. The van der Waals surface area contributed by atoms with Gasteiger partial charge in [0.05, 0.1) is 0 Å². The molecule has 1 rings (SSSR count). The molecule has 1 aliphatic carbocycles. The Morgan fingerprint density at radius 3 is 2.69 bits per heavy atom. The quantitative estimate of drug-likeness (QED) is 0.506. The van der Waals surface area contributed by atoms with Gasteiger partial charge in [0, 0.05) is 6.04 Å². The fourth-order valence-electron chi connectivity index (χ4n) is 3.19. The minimum absolute atomic E-state index is 0.432. The third kappa shape index (κ3) is 3.93. The number of hydrogen-bond donors (Lipinski definition) is 1. The van der Waals surface area contributed by atoms with Gasteiger partial charge in [0.15, 0.2) is 0 Å². The Morgan fingerprint density at radius 2 is 2.12 bits per heavy atom. The summed E-state index contributed by atoms with van der Waals surface area (Å²) in [6, 6.07) is 0.432. The molecule has 1 nitrogen and oxygen atoms in total. The molecule has 16 heavy (non-hydrogen) atoms. The van der Waals surface area contributed by atoms with E-state index in [-0.39, 0.29) is 0 Å². The van der Waals surface area contributed by atoms with Crippen LogP contribution in [0.3, 0.4) is 0 Å². The van der Waals surface area contributed by atoms with E-state index in [4.69, 9.17) is 5.73 Å². The van der Waals surface area contributed by atoms with E-state index in [1.165, 1.54) is 44.9 Å². The molecule has 2 N–H and O–H groups in total. The molecule has 0 aromatic heterocycles. The molecule has 0 aromatic carbocycles. The van der Waals surface area contributed by atoms with Crippen LogP contribution in [0.4, 0.5) is 0 Å². The van der Waals surface area contributed by atoms with Gasteiger partial charge in [-0.25, -0.2) is 0 Å². The Hall–Kier alpha value is -0.300. The van der Waals surface area contributed by atoms with Crippen LogP contribution in [0.25, 0.3) is 0 Å². The molecule has 2 unspecified atom stereocenters. The van der Waals surface area contributed by atoms with Crippen molar-refractivity contribution in [2.45, 2.75) is 71.3 Å². The van der Waals surface area contributed by atoms with Crippen LogP contribution in [0.15, 0.2) is 12.7 Å². The van der Waals surface area contributed by atoms with Crippen molar-refractivity contribution in [2.24, 2.45) is 17.1 Å².